The molecule has 3 rings (SSSR count). The molecule has 5 heteroatoms. The number of carbonyl (C=O) groups is 1. The number of benzene rings is 2. The predicted octanol–water partition coefficient (Wildman–Crippen LogP) is 3.26. The Morgan fingerprint density at radius 3 is 2.74 bits per heavy atom. The largest absolute Gasteiger partial charge is 0.396 e. The van der Waals surface area contributed by atoms with E-state index in [1.807, 2.05) is 24.3 Å². The van der Waals surface area contributed by atoms with Crippen molar-refractivity contribution in [3.8, 4) is 0 Å². The molecule has 1 atom stereocenters. The van der Waals surface area contributed by atoms with Crippen LogP contribution in [0.3, 0.4) is 0 Å². The van der Waals surface area contributed by atoms with Gasteiger partial charge in [-0.15, -0.1) is 0 Å². The van der Waals surface area contributed by atoms with E-state index in [4.69, 9.17) is 10.7 Å². The summed E-state index contributed by atoms with van der Waals surface area (Å²) in [4.78, 5) is 15.8. The fraction of sp³-hybridized carbons (Fsp3) is 0.273. The highest BCUT2D eigenvalue weighted by Gasteiger charge is 2.15. The number of nitrogens with two attached hydrogens (primary N) is 1. The lowest BCUT2D eigenvalue weighted by Gasteiger charge is -2.13. The van der Waals surface area contributed by atoms with Crippen LogP contribution in [0.15, 0.2) is 54.6 Å². The number of rotatable bonds is 8. The molecule has 1 amide bonds. The van der Waals surface area contributed by atoms with Crippen LogP contribution in [0, 0.1) is 0 Å². The maximum atomic E-state index is 11.0. The summed E-state index contributed by atoms with van der Waals surface area (Å²) >= 11 is 0. The van der Waals surface area contributed by atoms with E-state index in [1.54, 1.807) is 6.08 Å². The van der Waals surface area contributed by atoms with Crippen LogP contribution in [0.2, 0.25) is 0 Å². The van der Waals surface area contributed by atoms with Gasteiger partial charge in [0.05, 0.1) is 11.0 Å². The number of hydrogen-bond acceptors (Lipinski definition) is 3. The molecular weight excluding hydrogens is 338 g/mol. The van der Waals surface area contributed by atoms with Crippen LogP contribution in [0.25, 0.3) is 17.1 Å². The summed E-state index contributed by atoms with van der Waals surface area (Å²) in [6.07, 6.45) is 4.54. The standard InChI is InChI=1S/C22H25N3O2/c1-16(18-6-3-2-4-7-18)14-22-24-19-15-17(9-11-21(23)27)8-10-20(19)25(22)12-5-13-26/h2-4,6-11,15-16,26H,5,12-14H2,1H3,(H2,23,27)/b11-9+. The Morgan fingerprint density at radius 1 is 1.26 bits per heavy atom. The van der Waals surface area contributed by atoms with Gasteiger partial charge in [0.1, 0.15) is 5.82 Å². The predicted molar refractivity (Wildman–Crippen MR) is 108 cm³/mol. The van der Waals surface area contributed by atoms with Crippen molar-refractivity contribution < 1.29 is 9.90 Å². The van der Waals surface area contributed by atoms with Gasteiger partial charge in [-0.05, 0) is 41.7 Å². The second-order valence-corrected chi connectivity index (χ2v) is 6.76. The number of aryl methyl sites for hydroxylation is 1. The summed E-state index contributed by atoms with van der Waals surface area (Å²) in [6, 6.07) is 16.3. The first-order valence-corrected chi connectivity index (χ1v) is 9.21. The Labute approximate surface area is 159 Å². The maximum Gasteiger partial charge on any atom is 0.241 e. The lowest BCUT2D eigenvalue weighted by molar-refractivity contribution is -0.113. The molecular formula is C22H25N3O2. The first kappa shape index (κ1) is 18.9. The normalized spacial score (nSPS) is 12.7. The molecule has 0 aliphatic carbocycles. The lowest BCUT2D eigenvalue weighted by Crippen LogP contribution is -2.09. The van der Waals surface area contributed by atoms with Crippen molar-refractivity contribution in [1.29, 1.82) is 0 Å². The van der Waals surface area contributed by atoms with Gasteiger partial charge in [-0.25, -0.2) is 4.98 Å². The zero-order valence-electron chi connectivity index (χ0n) is 15.5. The topological polar surface area (TPSA) is 81.1 Å². The van der Waals surface area contributed by atoms with E-state index in [1.165, 1.54) is 11.6 Å². The lowest BCUT2D eigenvalue weighted by atomic mass is 9.97. The fourth-order valence-electron chi connectivity index (χ4n) is 3.29. The van der Waals surface area contributed by atoms with Crippen LogP contribution >= 0.6 is 0 Å². The monoisotopic (exact) mass is 363 g/mol. The van der Waals surface area contributed by atoms with E-state index in [0.717, 1.165) is 35.4 Å². The number of fused-ring (bicyclic) bond motifs is 1. The van der Waals surface area contributed by atoms with Crippen LogP contribution in [0.5, 0.6) is 0 Å². The summed E-state index contributed by atoms with van der Waals surface area (Å²) < 4.78 is 2.19. The van der Waals surface area contributed by atoms with E-state index in [2.05, 4.69) is 35.8 Å². The van der Waals surface area contributed by atoms with E-state index in [9.17, 15) is 9.90 Å². The van der Waals surface area contributed by atoms with Gasteiger partial charge in [0.25, 0.3) is 0 Å². The summed E-state index contributed by atoms with van der Waals surface area (Å²) in [7, 11) is 0. The van der Waals surface area contributed by atoms with Crippen molar-refractivity contribution >= 4 is 23.0 Å². The minimum Gasteiger partial charge on any atom is -0.396 e. The second-order valence-electron chi connectivity index (χ2n) is 6.76. The second kappa shape index (κ2) is 8.64. The molecule has 140 valence electrons. The van der Waals surface area contributed by atoms with Gasteiger partial charge in [0, 0.05) is 25.6 Å². The molecule has 0 aliphatic heterocycles. The molecule has 0 aliphatic rings. The number of nitrogens with zero attached hydrogens (tertiary/aromatic N) is 2. The minimum absolute atomic E-state index is 0.146. The highest BCUT2D eigenvalue weighted by atomic mass is 16.3. The van der Waals surface area contributed by atoms with Gasteiger partial charge in [0.15, 0.2) is 0 Å². The van der Waals surface area contributed by atoms with Crippen LogP contribution < -0.4 is 5.73 Å². The van der Waals surface area contributed by atoms with E-state index < -0.39 is 5.91 Å². The molecule has 1 unspecified atom stereocenters. The molecule has 3 aromatic rings. The zero-order valence-corrected chi connectivity index (χ0v) is 15.5. The number of carbonyl (C=O) groups excluding carboxylic acids is 1. The average molecular weight is 363 g/mol. The van der Waals surface area contributed by atoms with E-state index in [-0.39, 0.29) is 6.61 Å². The zero-order chi connectivity index (χ0) is 19.2. The molecule has 3 N–H and O–H groups in total. The third-order valence-electron chi connectivity index (χ3n) is 4.69. The number of primary amides is 1. The molecule has 0 saturated heterocycles. The Kier molecular flexibility index (Phi) is 6.04. The molecule has 1 aromatic heterocycles. The van der Waals surface area contributed by atoms with Crippen LogP contribution in [-0.4, -0.2) is 27.2 Å². The fourth-order valence-corrected chi connectivity index (χ4v) is 3.29. The molecule has 2 aromatic carbocycles. The number of hydrogen-bond donors (Lipinski definition) is 2. The molecule has 0 radical (unpaired) electrons. The van der Waals surface area contributed by atoms with Gasteiger partial charge in [0.2, 0.25) is 5.91 Å². The molecule has 0 bridgehead atoms. The number of aromatic nitrogens is 2. The quantitative estimate of drug-likeness (QED) is 0.603. The van der Waals surface area contributed by atoms with E-state index in [0.29, 0.717) is 12.3 Å². The van der Waals surface area contributed by atoms with Crippen molar-refractivity contribution in [1.82, 2.24) is 9.55 Å². The highest BCUT2D eigenvalue weighted by molar-refractivity contribution is 5.91. The van der Waals surface area contributed by atoms with Crippen LogP contribution in [0.4, 0.5) is 0 Å². The molecule has 0 spiro atoms. The smallest absolute Gasteiger partial charge is 0.241 e. The Balaban J connectivity index is 1.95. The third-order valence-corrected chi connectivity index (χ3v) is 4.69. The Morgan fingerprint density at radius 2 is 2.04 bits per heavy atom. The number of amides is 1. The third kappa shape index (κ3) is 4.63. The number of aliphatic hydroxyl groups is 1. The summed E-state index contributed by atoms with van der Waals surface area (Å²) in [6.45, 7) is 3.07. The Bertz CT molecular complexity index is 945. The highest BCUT2D eigenvalue weighted by Crippen LogP contribution is 2.24. The van der Waals surface area contributed by atoms with Crippen molar-refractivity contribution in [2.45, 2.75) is 32.2 Å². The maximum absolute atomic E-state index is 11.0. The van der Waals surface area contributed by atoms with Gasteiger partial charge in [-0.1, -0.05) is 43.3 Å². The van der Waals surface area contributed by atoms with Gasteiger partial charge in [-0.2, -0.15) is 0 Å². The Hall–Kier alpha value is -2.92. The molecule has 5 nitrogen and oxygen atoms in total. The SMILES string of the molecule is CC(Cc1nc2cc(/C=C/C(N)=O)ccc2n1CCCO)c1ccccc1. The molecule has 1 heterocycles. The summed E-state index contributed by atoms with van der Waals surface area (Å²) in [5.74, 6) is 0.872. The van der Waals surface area contributed by atoms with Crippen molar-refractivity contribution in [2.24, 2.45) is 5.73 Å². The van der Waals surface area contributed by atoms with Gasteiger partial charge in [-0.3, -0.25) is 4.79 Å². The molecule has 0 saturated carbocycles. The first-order valence-electron chi connectivity index (χ1n) is 9.21. The average Bonchev–Trinajstić information content (AvgIpc) is 3.01. The molecule has 0 fully saturated rings. The van der Waals surface area contributed by atoms with Gasteiger partial charge >= 0.3 is 0 Å². The minimum atomic E-state index is -0.471. The van der Waals surface area contributed by atoms with E-state index >= 15 is 0 Å². The summed E-state index contributed by atoms with van der Waals surface area (Å²) in [5, 5.41) is 9.27. The first-order chi connectivity index (χ1) is 13.1. The summed E-state index contributed by atoms with van der Waals surface area (Å²) in [5.41, 5.74) is 9.26. The van der Waals surface area contributed by atoms with Crippen molar-refractivity contribution in [3.05, 3.63) is 71.6 Å². The van der Waals surface area contributed by atoms with Gasteiger partial charge < -0.3 is 15.4 Å². The van der Waals surface area contributed by atoms with Crippen molar-refractivity contribution in [2.75, 3.05) is 6.61 Å². The van der Waals surface area contributed by atoms with Crippen molar-refractivity contribution in [3.63, 3.8) is 0 Å². The van der Waals surface area contributed by atoms with Crippen LogP contribution in [-0.2, 0) is 17.8 Å². The molecule has 27 heavy (non-hydrogen) atoms. The van der Waals surface area contributed by atoms with Crippen LogP contribution in [0.1, 0.15) is 36.2 Å². The number of imidazole rings is 1. The number of aliphatic hydroxyl groups excluding tert-OH is 1.